The predicted octanol–water partition coefficient (Wildman–Crippen LogP) is 2.54. The maximum absolute atomic E-state index is 12.4. The topological polar surface area (TPSA) is 73.8 Å². The molecule has 0 aliphatic rings. The van der Waals surface area contributed by atoms with Gasteiger partial charge in [0.15, 0.2) is 5.58 Å². The van der Waals surface area contributed by atoms with Gasteiger partial charge in [-0.05, 0) is 30.3 Å². The summed E-state index contributed by atoms with van der Waals surface area (Å²) in [7, 11) is 0. The third-order valence-electron chi connectivity index (χ3n) is 3.23. The third kappa shape index (κ3) is 2.19. The first-order chi connectivity index (χ1) is 10.7. The Morgan fingerprint density at radius 3 is 3.14 bits per heavy atom. The molecule has 7 heteroatoms. The largest absolute Gasteiger partial charge is 0.439 e. The molecule has 4 aromatic rings. The molecule has 107 valence electrons. The highest BCUT2D eigenvalue weighted by Crippen LogP contribution is 2.20. The van der Waals surface area contributed by atoms with Crippen LogP contribution in [0.2, 0.25) is 0 Å². The molecule has 3 heterocycles. The van der Waals surface area contributed by atoms with Crippen molar-refractivity contribution in [1.29, 1.82) is 0 Å². The summed E-state index contributed by atoms with van der Waals surface area (Å²) >= 11 is 3.39. The summed E-state index contributed by atoms with van der Waals surface area (Å²) in [5.41, 5.74) is 1.59. The van der Waals surface area contributed by atoms with Gasteiger partial charge in [0.25, 0.3) is 5.56 Å². The number of aromatic nitrogens is 4. The van der Waals surface area contributed by atoms with Crippen LogP contribution >= 0.6 is 15.9 Å². The lowest BCUT2D eigenvalue weighted by atomic mass is 10.3. The highest BCUT2D eigenvalue weighted by Gasteiger charge is 2.10. The van der Waals surface area contributed by atoms with Crippen molar-refractivity contribution >= 4 is 37.9 Å². The maximum Gasteiger partial charge on any atom is 0.276 e. The summed E-state index contributed by atoms with van der Waals surface area (Å²) in [6.45, 7) is 0.145. The molecular formula is C15H8BrN4O2. The zero-order valence-electron chi connectivity index (χ0n) is 11.2. The lowest BCUT2D eigenvalue weighted by molar-refractivity contribution is 0.482. The second-order valence-electron chi connectivity index (χ2n) is 4.69. The number of pyridine rings is 1. The molecule has 1 aromatic carbocycles. The number of oxazole rings is 1. The monoisotopic (exact) mass is 355 g/mol. The van der Waals surface area contributed by atoms with Crippen LogP contribution in [0.4, 0.5) is 0 Å². The van der Waals surface area contributed by atoms with Gasteiger partial charge in [-0.15, -0.1) is 0 Å². The molecule has 3 aromatic heterocycles. The van der Waals surface area contributed by atoms with Crippen LogP contribution in [0.15, 0.2) is 50.2 Å². The first-order valence-electron chi connectivity index (χ1n) is 6.49. The van der Waals surface area contributed by atoms with Gasteiger partial charge in [-0.25, -0.2) is 9.67 Å². The molecule has 0 unspecified atom stereocenters. The zero-order chi connectivity index (χ0) is 15.1. The second-order valence-corrected chi connectivity index (χ2v) is 5.61. The summed E-state index contributed by atoms with van der Waals surface area (Å²) in [4.78, 5) is 20.8. The number of hydrogen-bond acceptors (Lipinski definition) is 5. The molecule has 0 fully saturated rings. The highest BCUT2D eigenvalue weighted by molar-refractivity contribution is 9.10. The van der Waals surface area contributed by atoms with E-state index in [0.29, 0.717) is 22.4 Å². The van der Waals surface area contributed by atoms with Gasteiger partial charge >= 0.3 is 0 Å². The lowest BCUT2D eigenvalue weighted by Gasteiger charge is -2.01. The minimum atomic E-state index is -0.245. The van der Waals surface area contributed by atoms with Crippen molar-refractivity contribution in [3.05, 3.63) is 63.4 Å². The Bertz CT molecular complexity index is 1050. The van der Waals surface area contributed by atoms with Crippen molar-refractivity contribution in [3.8, 4) is 0 Å². The minimum absolute atomic E-state index is 0.145. The number of fused-ring (bicyclic) bond motifs is 2. The normalized spacial score (nSPS) is 11.3. The van der Waals surface area contributed by atoms with Crippen LogP contribution in [0.1, 0.15) is 5.89 Å². The van der Waals surface area contributed by atoms with E-state index >= 15 is 0 Å². The number of rotatable bonds is 2. The molecule has 0 saturated heterocycles. The summed E-state index contributed by atoms with van der Waals surface area (Å²) in [5, 5.41) is 4.47. The van der Waals surface area contributed by atoms with Gasteiger partial charge in [0.2, 0.25) is 5.89 Å². The summed E-state index contributed by atoms with van der Waals surface area (Å²) in [5.74, 6) is 0.416. The van der Waals surface area contributed by atoms with Crippen molar-refractivity contribution in [3.63, 3.8) is 0 Å². The summed E-state index contributed by atoms with van der Waals surface area (Å²) in [6, 6.07) is 8.95. The van der Waals surface area contributed by atoms with Crippen LogP contribution in [0.3, 0.4) is 0 Å². The molecular weight excluding hydrogens is 348 g/mol. The van der Waals surface area contributed by atoms with E-state index in [0.717, 1.165) is 9.99 Å². The average Bonchev–Trinajstić information content (AvgIpc) is 2.92. The van der Waals surface area contributed by atoms with E-state index in [-0.39, 0.29) is 12.1 Å². The molecule has 4 rings (SSSR count). The quantitative estimate of drug-likeness (QED) is 0.552. The van der Waals surface area contributed by atoms with Crippen LogP contribution in [0.5, 0.6) is 0 Å². The standard InChI is InChI=1S/C15H8BrN4O2/c16-9-3-4-13-11(6-9)19-14(22-13)8-20-15(21)10-2-1-5-17-12(10)7-18-20/h1-6H,8H2. The van der Waals surface area contributed by atoms with Gasteiger partial charge in [-0.2, -0.15) is 5.10 Å². The molecule has 0 bridgehead atoms. The Labute approximate surface area is 132 Å². The molecule has 0 aliphatic heterocycles. The van der Waals surface area contributed by atoms with Crippen LogP contribution < -0.4 is 5.56 Å². The Morgan fingerprint density at radius 1 is 1.32 bits per heavy atom. The smallest absolute Gasteiger partial charge is 0.276 e. The van der Waals surface area contributed by atoms with E-state index in [9.17, 15) is 4.79 Å². The van der Waals surface area contributed by atoms with Crippen LogP contribution in [-0.2, 0) is 6.54 Å². The number of hydrogen-bond donors (Lipinski definition) is 0. The van der Waals surface area contributed by atoms with Crippen molar-refractivity contribution < 1.29 is 4.42 Å². The highest BCUT2D eigenvalue weighted by atomic mass is 79.9. The number of nitrogens with zero attached hydrogens (tertiary/aromatic N) is 4. The Balaban J connectivity index is 1.78. The predicted molar refractivity (Wildman–Crippen MR) is 83.4 cm³/mol. The van der Waals surface area contributed by atoms with Gasteiger partial charge in [0, 0.05) is 10.7 Å². The third-order valence-corrected chi connectivity index (χ3v) is 3.72. The van der Waals surface area contributed by atoms with Crippen LogP contribution in [-0.4, -0.2) is 19.7 Å². The number of halogens is 1. The van der Waals surface area contributed by atoms with E-state index < -0.39 is 0 Å². The maximum atomic E-state index is 12.4. The van der Waals surface area contributed by atoms with Gasteiger partial charge in [0.1, 0.15) is 23.8 Å². The Hall–Kier alpha value is -2.54. The molecule has 6 nitrogen and oxygen atoms in total. The molecule has 1 radical (unpaired) electrons. The zero-order valence-corrected chi connectivity index (χ0v) is 12.7. The fourth-order valence-corrected chi connectivity index (χ4v) is 2.56. The van der Waals surface area contributed by atoms with Gasteiger partial charge in [-0.3, -0.25) is 9.78 Å². The van der Waals surface area contributed by atoms with E-state index in [2.05, 4.69) is 37.2 Å². The first kappa shape index (κ1) is 13.1. The van der Waals surface area contributed by atoms with Crippen molar-refractivity contribution in [2.45, 2.75) is 6.54 Å². The molecule has 0 amide bonds. The van der Waals surface area contributed by atoms with Crippen LogP contribution in [0.25, 0.3) is 22.0 Å². The molecule has 0 atom stereocenters. The molecule has 22 heavy (non-hydrogen) atoms. The van der Waals surface area contributed by atoms with E-state index in [1.165, 1.54) is 4.68 Å². The first-order valence-corrected chi connectivity index (χ1v) is 7.28. The number of benzene rings is 1. The fraction of sp³-hybridized carbons (Fsp3) is 0.0667. The van der Waals surface area contributed by atoms with E-state index in [4.69, 9.17) is 4.42 Å². The van der Waals surface area contributed by atoms with Gasteiger partial charge in [0.05, 0.1) is 5.39 Å². The van der Waals surface area contributed by atoms with Gasteiger partial charge < -0.3 is 4.42 Å². The fourth-order valence-electron chi connectivity index (χ4n) is 2.21. The van der Waals surface area contributed by atoms with E-state index in [1.54, 1.807) is 18.3 Å². The van der Waals surface area contributed by atoms with Crippen molar-refractivity contribution in [2.24, 2.45) is 0 Å². The summed E-state index contributed by atoms with van der Waals surface area (Å²) in [6.07, 6.45) is 4.35. The van der Waals surface area contributed by atoms with Crippen LogP contribution in [0, 0.1) is 6.20 Å². The van der Waals surface area contributed by atoms with Crippen molar-refractivity contribution in [1.82, 2.24) is 19.7 Å². The second kappa shape index (κ2) is 5.03. The lowest BCUT2D eigenvalue weighted by Crippen LogP contribution is -2.23. The molecule has 0 aliphatic carbocycles. The molecule has 0 N–H and O–H groups in total. The SMILES string of the molecule is O=c1c2cccnc2[c]nn1Cc1nc2cc(Br)ccc2o1. The minimum Gasteiger partial charge on any atom is -0.439 e. The Kier molecular flexibility index (Phi) is 3.00. The molecule has 0 saturated carbocycles. The Morgan fingerprint density at radius 2 is 2.23 bits per heavy atom. The van der Waals surface area contributed by atoms with E-state index in [1.807, 2.05) is 18.2 Å². The molecule has 0 spiro atoms. The van der Waals surface area contributed by atoms with Crippen molar-refractivity contribution in [2.75, 3.05) is 0 Å². The average molecular weight is 356 g/mol. The summed E-state index contributed by atoms with van der Waals surface area (Å²) < 4.78 is 7.82. The van der Waals surface area contributed by atoms with Gasteiger partial charge in [-0.1, -0.05) is 15.9 Å².